The van der Waals surface area contributed by atoms with Gasteiger partial charge >= 0.3 is 0 Å². The minimum atomic E-state index is 0.0358. The second-order valence-electron chi connectivity index (χ2n) is 3.44. The smallest absolute Gasteiger partial charge is 0.160 e. The van der Waals surface area contributed by atoms with E-state index in [0.717, 1.165) is 19.4 Å². The Hall–Kier alpha value is -0.0800. The second kappa shape index (κ2) is 4.07. The molecule has 0 aromatic carbocycles. The van der Waals surface area contributed by atoms with Crippen LogP contribution in [0.25, 0.3) is 0 Å². The minimum absolute atomic E-state index is 0.0358. The molecular weight excluding hydrogens is 140 g/mol. The summed E-state index contributed by atoms with van der Waals surface area (Å²) in [7, 11) is 0. The third-order valence-electron chi connectivity index (χ3n) is 2.05. The SMILES string of the molecule is CC[C@@H]1CCO[C@H](C(C)C)O1. The molecule has 0 unspecified atom stereocenters. The Morgan fingerprint density at radius 3 is 2.73 bits per heavy atom. The second-order valence-corrected chi connectivity index (χ2v) is 3.44. The van der Waals surface area contributed by atoms with E-state index < -0.39 is 0 Å². The Labute approximate surface area is 68.9 Å². The first-order chi connectivity index (χ1) is 5.24. The summed E-state index contributed by atoms with van der Waals surface area (Å²) < 4.78 is 11.1. The van der Waals surface area contributed by atoms with Crippen molar-refractivity contribution in [3.63, 3.8) is 0 Å². The van der Waals surface area contributed by atoms with Gasteiger partial charge in [-0.25, -0.2) is 0 Å². The zero-order valence-electron chi connectivity index (χ0n) is 7.67. The molecule has 0 saturated carbocycles. The van der Waals surface area contributed by atoms with E-state index in [1.165, 1.54) is 0 Å². The van der Waals surface area contributed by atoms with Crippen LogP contribution < -0.4 is 0 Å². The van der Waals surface area contributed by atoms with Gasteiger partial charge in [0.05, 0.1) is 12.7 Å². The van der Waals surface area contributed by atoms with Crippen molar-refractivity contribution in [3.05, 3.63) is 0 Å². The van der Waals surface area contributed by atoms with Crippen LogP contribution in [-0.4, -0.2) is 19.0 Å². The van der Waals surface area contributed by atoms with Gasteiger partial charge in [0.15, 0.2) is 6.29 Å². The maximum absolute atomic E-state index is 5.67. The maximum Gasteiger partial charge on any atom is 0.160 e. The third kappa shape index (κ3) is 2.46. The third-order valence-corrected chi connectivity index (χ3v) is 2.05. The summed E-state index contributed by atoms with van der Waals surface area (Å²) in [4.78, 5) is 0. The van der Waals surface area contributed by atoms with Crippen LogP contribution in [0, 0.1) is 5.92 Å². The van der Waals surface area contributed by atoms with Crippen molar-refractivity contribution < 1.29 is 9.47 Å². The molecule has 1 saturated heterocycles. The van der Waals surface area contributed by atoms with E-state index in [2.05, 4.69) is 20.8 Å². The van der Waals surface area contributed by atoms with Crippen LogP contribution in [0.2, 0.25) is 0 Å². The van der Waals surface area contributed by atoms with E-state index in [0.29, 0.717) is 12.0 Å². The van der Waals surface area contributed by atoms with Crippen LogP contribution in [0.3, 0.4) is 0 Å². The van der Waals surface area contributed by atoms with Crippen molar-refractivity contribution in [2.75, 3.05) is 6.61 Å². The molecule has 66 valence electrons. The quantitative estimate of drug-likeness (QED) is 0.613. The largest absolute Gasteiger partial charge is 0.352 e. The fourth-order valence-electron chi connectivity index (χ4n) is 1.26. The summed E-state index contributed by atoms with van der Waals surface area (Å²) in [5.41, 5.74) is 0. The highest BCUT2D eigenvalue weighted by atomic mass is 16.7. The lowest BCUT2D eigenvalue weighted by atomic mass is 10.1. The number of hydrogen-bond donors (Lipinski definition) is 0. The topological polar surface area (TPSA) is 18.5 Å². The Morgan fingerprint density at radius 1 is 1.45 bits per heavy atom. The molecule has 2 heteroatoms. The molecule has 1 aliphatic heterocycles. The van der Waals surface area contributed by atoms with E-state index in [1.807, 2.05) is 0 Å². The molecule has 0 aromatic rings. The van der Waals surface area contributed by atoms with Crippen LogP contribution in [0.15, 0.2) is 0 Å². The summed E-state index contributed by atoms with van der Waals surface area (Å²) >= 11 is 0. The zero-order valence-corrected chi connectivity index (χ0v) is 7.67. The average molecular weight is 158 g/mol. The van der Waals surface area contributed by atoms with Crippen molar-refractivity contribution >= 4 is 0 Å². The molecule has 1 fully saturated rings. The highest BCUT2D eigenvalue weighted by Crippen LogP contribution is 2.19. The van der Waals surface area contributed by atoms with Crippen molar-refractivity contribution in [2.24, 2.45) is 5.92 Å². The zero-order chi connectivity index (χ0) is 8.27. The first-order valence-corrected chi connectivity index (χ1v) is 4.51. The average Bonchev–Trinajstić information content (AvgIpc) is 2.05. The molecule has 0 aliphatic carbocycles. The van der Waals surface area contributed by atoms with Crippen LogP contribution in [0.1, 0.15) is 33.6 Å². The Morgan fingerprint density at radius 2 is 2.18 bits per heavy atom. The van der Waals surface area contributed by atoms with Crippen molar-refractivity contribution in [1.29, 1.82) is 0 Å². The molecule has 0 N–H and O–H groups in total. The summed E-state index contributed by atoms with van der Waals surface area (Å²) in [6, 6.07) is 0. The number of rotatable bonds is 2. The molecule has 1 rings (SSSR count). The summed E-state index contributed by atoms with van der Waals surface area (Å²) in [6.45, 7) is 7.28. The Bertz CT molecular complexity index is 112. The van der Waals surface area contributed by atoms with Crippen molar-refractivity contribution in [2.45, 2.75) is 46.0 Å². The molecule has 11 heavy (non-hydrogen) atoms. The van der Waals surface area contributed by atoms with Crippen LogP contribution in [-0.2, 0) is 9.47 Å². The van der Waals surface area contributed by atoms with Gasteiger partial charge in [-0.15, -0.1) is 0 Å². The molecular formula is C9H18O2. The van der Waals surface area contributed by atoms with Crippen molar-refractivity contribution in [1.82, 2.24) is 0 Å². The highest BCUT2D eigenvalue weighted by Gasteiger charge is 2.23. The van der Waals surface area contributed by atoms with E-state index in [4.69, 9.17) is 9.47 Å². The minimum Gasteiger partial charge on any atom is -0.352 e. The molecule has 0 radical (unpaired) electrons. The van der Waals surface area contributed by atoms with Gasteiger partial charge in [0.25, 0.3) is 0 Å². The van der Waals surface area contributed by atoms with Gasteiger partial charge in [0.2, 0.25) is 0 Å². The predicted octanol–water partition coefficient (Wildman–Crippen LogP) is 2.18. The van der Waals surface area contributed by atoms with E-state index >= 15 is 0 Å². The van der Waals surface area contributed by atoms with Gasteiger partial charge in [-0.2, -0.15) is 0 Å². The van der Waals surface area contributed by atoms with E-state index in [9.17, 15) is 0 Å². The summed E-state index contributed by atoms with van der Waals surface area (Å²) in [6.07, 6.45) is 2.62. The molecule has 0 aromatic heterocycles. The first-order valence-electron chi connectivity index (χ1n) is 4.51. The van der Waals surface area contributed by atoms with Gasteiger partial charge in [-0.05, 0) is 12.8 Å². The Kier molecular flexibility index (Phi) is 3.34. The predicted molar refractivity (Wildman–Crippen MR) is 44.4 cm³/mol. The van der Waals surface area contributed by atoms with E-state index in [1.54, 1.807) is 0 Å². The van der Waals surface area contributed by atoms with Crippen LogP contribution >= 0.6 is 0 Å². The molecule has 0 spiro atoms. The molecule has 2 nitrogen and oxygen atoms in total. The fourth-order valence-corrected chi connectivity index (χ4v) is 1.26. The fraction of sp³-hybridized carbons (Fsp3) is 1.00. The lowest BCUT2D eigenvalue weighted by molar-refractivity contribution is -0.230. The van der Waals surface area contributed by atoms with Crippen LogP contribution in [0.5, 0.6) is 0 Å². The number of hydrogen-bond acceptors (Lipinski definition) is 2. The Balaban J connectivity index is 2.33. The standard InChI is InChI=1S/C9H18O2/c1-4-8-5-6-10-9(11-8)7(2)3/h7-9H,4-6H2,1-3H3/t8-,9+/m1/s1. The molecule has 0 amide bonds. The molecule has 2 atom stereocenters. The monoisotopic (exact) mass is 158 g/mol. The molecule has 1 aliphatic rings. The number of ether oxygens (including phenoxy) is 2. The first kappa shape index (κ1) is 9.01. The lowest BCUT2D eigenvalue weighted by Gasteiger charge is -2.31. The highest BCUT2D eigenvalue weighted by molar-refractivity contribution is 4.64. The molecule has 1 heterocycles. The van der Waals surface area contributed by atoms with Gasteiger partial charge in [0.1, 0.15) is 0 Å². The van der Waals surface area contributed by atoms with Crippen molar-refractivity contribution in [3.8, 4) is 0 Å². The van der Waals surface area contributed by atoms with Gasteiger partial charge in [0, 0.05) is 5.92 Å². The van der Waals surface area contributed by atoms with E-state index in [-0.39, 0.29) is 6.29 Å². The summed E-state index contributed by atoms with van der Waals surface area (Å²) in [5, 5.41) is 0. The van der Waals surface area contributed by atoms with Gasteiger partial charge in [-0.3, -0.25) is 0 Å². The maximum atomic E-state index is 5.67. The normalized spacial score (nSPS) is 32.7. The van der Waals surface area contributed by atoms with Crippen LogP contribution in [0.4, 0.5) is 0 Å². The molecule has 0 bridgehead atoms. The van der Waals surface area contributed by atoms with Gasteiger partial charge < -0.3 is 9.47 Å². The summed E-state index contributed by atoms with van der Waals surface area (Å²) in [5.74, 6) is 0.476. The lowest BCUT2D eigenvalue weighted by Crippen LogP contribution is -2.35. The van der Waals surface area contributed by atoms with Gasteiger partial charge in [-0.1, -0.05) is 20.8 Å².